The first-order valence-electron chi connectivity index (χ1n) is 12.4. The zero-order valence-electron chi connectivity index (χ0n) is 21.0. The van der Waals surface area contributed by atoms with Crippen LogP contribution >= 0.6 is 0 Å². The maximum absolute atomic E-state index is 13.7. The van der Waals surface area contributed by atoms with Gasteiger partial charge in [-0.1, -0.05) is 67.1 Å². The zero-order valence-corrected chi connectivity index (χ0v) is 21.0. The summed E-state index contributed by atoms with van der Waals surface area (Å²) in [5, 5.41) is 8.94. The molecule has 0 spiro atoms. The van der Waals surface area contributed by atoms with E-state index in [0.717, 1.165) is 55.6 Å². The van der Waals surface area contributed by atoms with Crippen molar-refractivity contribution in [3.8, 4) is 11.1 Å². The molecule has 4 rings (SSSR count). The Hall–Kier alpha value is -3.06. The molecule has 4 nitrogen and oxygen atoms in total. The number of allylic oxidation sites excluding steroid dienone is 3. The third-order valence-corrected chi connectivity index (χ3v) is 7.83. The number of piperidine rings is 1. The summed E-state index contributed by atoms with van der Waals surface area (Å²) in [4.78, 5) is 12.7. The van der Waals surface area contributed by atoms with Gasteiger partial charge in [-0.05, 0) is 74.5 Å². The molecule has 192 valence electrons. The topological polar surface area (TPSA) is 53.2 Å². The van der Waals surface area contributed by atoms with Crippen molar-refractivity contribution in [2.75, 3.05) is 19.6 Å². The van der Waals surface area contributed by atoms with Crippen LogP contribution in [0.3, 0.4) is 0 Å². The molecule has 3 N–H and O–H groups in total. The minimum absolute atomic E-state index is 0.160. The highest BCUT2D eigenvalue weighted by Gasteiger charge is 2.53. The van der Waals surface area contributed by atoms with Crippen LogP contribution in [-0.4, -0.2) is 31.8 Å². The molecular weight excluding hydrogens is 463 g/mol. The number of hydrogen-bond donors (Lipinski definition) is 3. The van der Waals surface area contributed by atoms with Crippen LogP contribution in [0.4, 0.5) is 18.0 Å². The van der Waals surface area contributed by atoms with Gasteiger partial charge in [-0.15, -0.1) is 0 Å². The second-order valence-corrected chi connectivity index (χ2v) is 10.3. The van der Waals surface area contributed by atoms with Gasteiger partial charge < -0.3 is 16.0 Å². The first-order chi connectivity index (χ1) is 17.0. The Morgan fingerprint density at radius 3 is 2.42 bits per heavy atom. The summed E-state index contributed by atoms with van der Waals surface area (Å²) in [6.07, 6.45) is 1.44. The molecule has 2 unspecified atom stereocenters. The predicted molar refractivity (Wildman–Crippen MR) is 137 cm³/mol. The summed E-state index contributed by atoms with van der Waals surface area (Å²) >= 11 is 0. The number of amides is 2. The maximum Gasteiger partial charge on any atom is 0.398 e. The Morgan fingerprint density at radius 1 is 1.08 bits per heavy atom. The van der Waals surface area contributed by atoms with Gasteiger partial charge in [-0.3, -0.25) is 0 Å². The molecule has 2 amide bonds. The number of rotatable bonds is 5. The smallest absolute Gasteiger partial charge is 0.337 e. The third kappa shape index (κ3) is 5.36. The van der Waals surface area contributed by atoms with E-state index >= 15 is 0 Å². The fraction of sp³-hybridized carbons (Fsp3) is 0.414. The Morgan fingerprint density at radius 2 is 1.78 bits per heavy atom. The van der Waals surface area contributed by atoms with E-state index in [0.29, 0.717) is 6.54 Å². The molecule has 1 aliphatic heterocycles. The first kappa shape index (κ1) is 26.0. The number of aryl methyl sites for hydroxylation is 1. The second-order valence-electron chi connectivity index (χ2n) is 10.3. The minimum atomic E-state index is -4.41. The van der Waals surface area contributed by atoms with E-state index in [4.69, 9.17) is 0 Å². The fourth-order valence-corrected chi connectivity index (χ4v) is 5.11. The SMILES string of the molecule is Cc1cccc(-c2ccc(C3(CNC(=O)NC4=CC(C)(C(F)(F)F)C(C)C=C4)CCNCC3)cc2)c1. The lowest BCUT2D eigenvalue weighted by atomic mass is 9.73. The minimum Gasteiger partial charge on any atom is -0.337 e. The van der Waals surface area contributed by atoms with E-state index in [1.165, 1.54) is 18.6 Å². The largest absolute Gasteiger partial charge is 0.398 e. The van der Waals surface area contributed by atoms with Crippen LogP contribution in [0.25, 0.3) is 11.1 Å². The first-order valence-corrected chi connectivity index (χ1v) is 12.4. The fourth-order valence-electron chi connectivity index (χ4n) is 5.11. The Labute approximate surface area is 211 Å². The molecule has 2 aromatic rings. The molecule has 0 bridgehead atoms. The lowest BCUT2D eigenvalue weighted by Crippen LogP contribution is -2.49. The molecule has 1 heterocycles. The van der Waals surface area contributed by atoms with Crippen molar-refractivity contribution in [2.45, 2.75) is 45.2 Å². The van der Waals surface area contributed by atoms with Gasteiger partial charge in [0.05, 0.1) is 5.41 Å². The van der Waals surface area contributed by atoms with Crippen molar-refractivity contribution in [2.24, 2.45) is 11.3 Å². The quantitative estimate of drug-likeness (QED) is 0.458. The number of halogens is 3. The molecule has 36 heavy (non-hydrogen) atoms. The molecule has 2 aliphatic rings. The number of alkyl halides is 3. The van der Waals surface area contributed by atoms with Crippen LogP contribution in [-0.2, 0) is 5.41 Å². The Kier molecular flexibility index (Phi) is 7.32. The van der Waals surface area contributed by atoms with Gasteiger partial charge >= 0.3 is 12.2 Å². The van der Waals surface area contributed by atoms with Crippen LogP contribution in [0.2, 0.25) is 0 Å². The van der Waals surface area contributed by atoms with E-state index in [-0.39, 0.29) is 11.1 Å². The van der Waals surface area contributed by atoms with Crippen molar-refractivity contribution in [1.29, 1.82) is 0 Å². The lowest BCUT2D eigenvalue weighted by molar-refractivity contribution is -0.210. The average molecular weight is 498 g/mol. The molecule has 0 aromatic heterocycles. The summed E-state index contributed by atoms with van der Waals surface area (Å²) in [6.45, 7) is 6.82. The van der Waals surface area contributed by atoms with Gasteiger partial charge in [-0.2, -0.15) is 13.2 Å². The van der Waals surface area contributed by atoms with Crippen LogP contribution in [0, 0.1) is 18.3 Å². The van der Waals surface area contributed by atoms with Gasteiger partial charge in [0.25, 0.3) is 0 Å². The Bertz CT molecular complexity index is 1150. The Balaban J connectivity index is 1.47. The van der Waals surface area contributed by atoms with E-state index in [9.17, 15) is 18.0 Å². The summed E-state index contributed by atoms with van der Waals surface area (Å²) < 4.78 is 41.0. The van der Waals surface area contributed by atoms with Gasteiger partial charge in [0.1, 0.15) is 0 Å². The molecule has 0 saturated carbocycles. The average Bonchev–Trinajstić information content (AvgIpc) is 2.85. The van der Waals surface area contributed by atoms with Crippen molar-refractivity contribution in [3.05, 3.63) is 83.6 Å². The number of nitrogens with one attached hydrogen (secondary N) is 3. The molecule has 2 atom stereocenters. The summed E-state index contributed by atoms with van der Waals surface area (Å²) in [5.74, 6) is -0.716. The maximum atomic E-state index is 13.7. The normalized spacial score (nSPS) is 23.6. The van der Waals surface area contributed by atoms with Gasteiger partial charge in [-0.25, -0.2) is 4.79 Å². The molecule has 7 heteroatoms. The van der Waals surface area contributed by atoms with E-state index in [1.54, 1.807) is 6.08 Å². The molecule has 2 aromatic carbocycles. The summed E-state index contributed by atoms with van der Waals surface area (Å²) in [5.41, 5.74) is 2.53. The molecular formula is C29H34F3N3O. The van der Waals surface area contributed by atoms with Gasteiger partial charge in [0.2, 0.25) is 0 Å². The molecule has 0 radical (unpaired) electrons. The van der Waals surface area contributed by atoms with E-state index in [2.05, 4.69) is 65.3 Å². The van der Waals surface area contributed by atoms with Crippen LogP contribution < -0.4 is 16.0 Å². The molecule has 1 aliphatic carbocycles. The number of benzene rings is 2. The molecule has 1 saturated heterocycles. The second kappa shape index (κ2) is 10.1. The van der Waals surface area contributed by atoms with Crippen molar-refractivity contribution in [3.63, 3.8) is 0 Å². The number of urea groups is 1. The highest BCUT2D eigenvalue weighted by molar-refractivity contribution is 5.76. The van der Waals surface area contributed by atoms with Crippen molar-refractivity contribution < 1.29 is 18.0 Å². The van der Waals surface area contributed by atoms with Crippen LogP contribution in [0.1, 0.15) is 37.8 Å². The summed E-state index contributed by atoms with van der Waals surface area (Å²) in [6, 6.07) is 16.4. The third-order valence-electron chi connectivity index (χ3n) is 7.83. The van der Waals surface area contributed by atoms with Gasteiger partial charge in [0, 0.05) is 17.7 Å². The van der Waals surface area contributed by atoms with Gasteiger partial charge in [0.15, 0.2) is 0 Å². The highest BCUT2D eigenvalue weighted by atomic mass is 19.4. The van der Waals surface area contributed by atoms with Crippen molar-refractivity contribution in [1.82, 2.24) is 16.0 Å². The van der Waals surface area contributed by atoms with E-state index in [1.807, 2.05) is 6.07 Å². The zero-order chi connectivity index (χ0) is 26.0. The number of hydrogen-bond acceptors (Lipinski definition) is 2. The van der Waals surface area contributed by atoms with Crippen LogP contribution in [0.5, 0.6) is 0 Å². The summed E-state index contributed by atoms with van der Waals surface area (Å²) in [7, 11) is 0. The number of carbonyl (C=O) groups is 1. The van der Waals surface area contributed by atoms with Crippen molar-refractivity contribution >= 4 is 6.03 Å². The standard InChI is InChI=1S/C29H34F3N3O/c1-20-5-4-6-23(17-20)22-8-10-24(11-9-22)28(13-15-33-16-14-28)19-34-26(36)35-25-12-7-21(2)27(3,18-25)29(30,31)32/h4-12,17-18,21,33H,13-16,19H2,1-3H3,(H2,34,35,36). The number of carbonyl (C=O) groups excluding carboxylic acids is 1. The predicted octanol–water partition coefficient (Wildman–Crippen LogP) is 6.24. The monoisotopic (exact) mass is 497 g/mol. The molecule has 1 fully saturated rings. The van der Waals surface area contributed by atoms with E-state index < -0.39 is 23.5 Å². The highest BCUT2D eigenvalue weighted by Crippen LogP contribution is 2.47. The van der Waals surface area contributed by atoms with Crippen LogP contribution in [0.15, 0.2) is 72.5 Å². The lowest BCUT2D eigenvalue weighted by Gasteiger charge is -2.39.